The predicted octanol–water partition coefficient (Wildman–Crippen LogP) is 1.95. The van der Waals surface area contributed by atoms with Gasteiger partial charge in [-0.1, -0.05) is 12.1 Å². The molecule has 0 amide bonds. The minimum atomic E-state index is -3.38. The molecule has 0 aliphatic heterocycles. The fourth-order valence-corrected chi connectivity index (χ4v) is 1.71. The minimum Gasteiger partial charge on any atom is -0.493 e. The first-order valence-corrected chi connectivity index (χ1v) is 7.41. The molecular formula is C12H16O4S. The van der Waals surface area contributed by atoms with E-state index in [4.69, 9.17) is 8.92 Å². The zero-order chi connectivity index (χ0) is 12.3. The van der Waals surface area contributed by atoms with E-state index in [-0.39, 0.29) is 6.61 Å². The molecule has 0 bridgehead atoms. The van der Waals surface area contributed by atoms with E-state index in [0.717, 1.165) is 30.1 Å². The van der Waals surface area contributed by atoms with Crippen molar-refractivity contribution in [2.24, 2.45) is 5.92 Å². The molecule has 1 aliphatic carbocycles. The maximum atomic E-state index is 10.8. The van der Waals surface area contributed by atoms with Crippen molar-refractivity contribution in [1.29, 1.82) is 0 Å². The highest BCUT2D eigenvalue weighted by Gasteiger charge is 2.21. The van der Waals surface area contributed by atoms with Crippen LogP contribution in [-0.2, 0) is 20.9 Å². The van der Waals surface area contributed by atoms with Crippen LogP contribution in [0.5, 0.6) is 5.75 Å². The van der Waals surface area contributed by atoms with Crippen molar-refractivity contribution in [3.63, 3.8) is 0 Å². The standard InChI is InChI=1S/C12H16O4S/c1-17(13,14)16-9-11-4-6-12(7-5-11)15-8-10-2-3-10/h4-7,10H,2-3,8-9H2,1H3. The highest BCUT2D eigenvalue weighted by atomic mass is 32.2. The zero-order valence-electron chi connectivity index (χ0n) is 9.76. The summed E-state index contributed by atoms with van der Waals surface area (Å²) in [5, 5.41) is 0. The lowest BCUT2D eigenvalue weighted by molar-refractivity contribution is 0.298. The van der Waals surface area contributed by atoms with Gasteiger partial charge in [0.15, 0.2) is 0 Å². The van der Waals surface area contributed by atoms with Gasteiger partial charge in [0.1, 0.15) is 5.75 Å². The third-order valence-corrected chi connectivity index (χ3v) is 3.09. The van der Waals surface area contributed by atoms with E-state index in [0.29, 0.717) is 0 Å². The van der Waals surface area contributed by atoms with Gasteiger partial charge in [-0.2, -0.15) is 8.42 Å². The van der Waals surface area contributed by atoms with Crippen LogP contribution < -0.4 is 4.74 Å². The van der Waals surface area contributed by atoms with Crippen molar-refractivity contribution in [3.05, 3.63) is 29.8 Å². The Morgan fingerprint density at radius 3 is 2.41 bits per heavy atom. The molecule has 17 heavy (non-hydrogen) atoms. The van der Waals surface area contributed by atoms with Crippen LogP contribution in [0, 0.1) is 5.92 Å². The summed E-state index contributed by atoms with van der Waals surface area (Å²) in [7, 11) is -3.38. The summed E-state index contributed by atoms with van der Waals surface area (Å²) in [4.78, 5) is 0. The van der Waals surface area contributed by atoms with Crippen LogP contribution in [0.25, 0.3) is 0 Å². The molecule has 0 N–H and O–H groups in total. The van der Waals surface area contributed by atoms with Crippen LogP contribution >= 0.6 is 0 Å². The molecular weight excluding hydrogens is 240 g/mol. The topological polar surface area (TPSA) is 52.6 Å². The summed E-state index contributed by atoms with van der Waals surface area (Å²) in [6.45, 7) is 0.848. The summed E-state index contributed by atoms with van der Waals surface area (Å²) in [6, 6.07) is 7.30. The summed E-state index contributed by atoms with van der Waals surface area (Å²) in [6.07, 6.45) is 3.57. The lowest BCUT2D eigenvalue weighted by Crippen LogP contribution is -2.03. The maximum Gasteiger partial charge on any atom is 0.264 e. The van der Waals surface area contributed by atoms with Gasteiger partial charge in [0.25, 0.3) is 10.1 Å². The van der Waals surface area contributed by atoms with Crippen LogP contribution in [-0.4, -0.2) is 21.3 Å². The van der Waals surface area contributed by atoms with Crippen LogP contribution in [0.1, 0.15) is 18.4 Å². The Bertz CT molecular complexity index is 460. The van der Waals surface area contributed by atoms with E-state index in [1.54, 1.807) is 0 Å². The van der Waals surface area contributed by atoms with Gasteiger partial charge in [-0.15, -0.1) is 0 Å². The molecule has 94 valence electrons. The molecule has 0 spiro atoms. The van der Waals surface area contributed by atoms with Crippen molar-refractivity contribution >= 4 is 10.1 Å². The van der Waals surface area contributed by atoms with E-state index >= 15 is 0 Å². The fraction of sp³-hybridized carbons (Fsp3) is 0.500. The van der Waals surface area contributed by atoms with Crippen molar-refractivity contribution in [2.75, 3.05) is 12.9 Å². The third kappa shape index (κ3) is 4.75. The highest BCUT2D eigenvalue weighted by molar-refractivity contribution is 7.85. The van der Waals surface area contributed by atoms with Gasteiger partial charge < -0.3 is 4.74 Å². The molecule has 1 aromatic rings. The average Bonchev–Trinajstić information content (AvgIpc) is 3.08. The molecule has 2 rings (SSSR count). The lowest BCUT2D eigenvalue weighted by Gasteiger charge is -2.06. The number of hydrogen-bond acceptors (Lipinski definition) is 4. The Labute approximate surface area is 102 Å². The first-order chi connectivity index (χ1) is 8.03. The molecule has 1 saturated carbocycles. The van der Waals surface area contributed by atoms with Gasteiger partial charge in [0.2, 0.25) is 0 Å². The van der Waals surface area contributed by atoms with Gasteiger partial charge in [0.05, 0.1) is 19.5 Å². The smallest absolute Gasteiger partial charge is 0.264 e. The SMILES string of the molecule is CS(=O)(=O)OCc1ccc(OCC2CC2)cc1. The number of benzene rings is 1. The van der Waals surface area contributed by atoms with Gasteiger partial charge in [0, 0.05) is 0 Å². The normalized spacial score (nSPS) is 15.8. The second kappa shape index (κ2) is 5.06. The molecule has 0 atom stereocenters. The molecule has 1 aromatic carbocycles. The number of ether oxygens (including phenoxy) is 1. The first-order valence-electron chi connectivity index (χ1n) is 5.59. The predicted molar refractivity (Wildman–Crippen MR) is 64.3 cm³/mol. The minimum absolute atomic E-state index is 0.0712. The van der Waals surface area contributed by atoms with Crippen molar-refractivity contribution in [1.82, 2.24) is 0 Å². The van der Waals surface area contributed by atoms with Crippen LogP contribution in [0.15, 0.2) is 24.3 Å². The van der Waals surface area contributed by atoms with Gasteiger partial charge in [-0.25, -0.2) is 0 Å². The van der Waals surface area contributed by atoms with Crippen molar-refractivity contribution in [2.45, 2.75) is 19.4 Å². The second-order valence-corrected chi connectivity index (χ2v) is 6.01. The summed E-state index contributed by atoms with van der Waals surface area (Å²) < 4.78 is 31.9. The highest BCUT2D eigenvalue weighted by Crippen LogP contribution is 2.29. The number of hydrogen-bond donors (Lipinski definition) is 0. The monoisotopic (exact) mass is 256 g/mol. The maximum absolute atomic E-state index is 10.8. The second-order valence-electron chi connectivity index (χ2n) is 4.36. The number of rotatable bonds is 6. The molecule has 1 aliphatic rings. The van der Waals surface area contributed by atoms with Gasteiger partial charge in [-0.05, 0) is 36.5 Å². The Kier molecular flexibility index (Phi) is 3.69. The van der Waals surface area contributed by atoms with Crippen LogP contribution in [0.4, 0.5) is 0 Å². The van der Waals surface area contributed by atoms with Crippen LogP contribution in [0.3, 0.4) is 0 Å². The zero-order valence-corrected chi connectivity index (χ0v) is 10.6. The van der Waals surface area contributed by atoms with Gasteiger partial charge >= 0.3 is 0 Å². The fourth-order valence-electron chi connectivity index (χ4n) is 1.36. The lowest BCUT2D eigenvalue weighted by atomic mass is 10.2. The van der Waals surface area contributed by atoms with E-state index < -0.39 is 10.1 Å². The molecule has 5 heteroatoms. The Hall–Kier alpha value is -1.07. The molecule has 4 nitrogen and oxygen atoms in total. The Balaban J connectivity index is 1.83. The van der Waals surface area contributed by atoms with E-state index in [1.807, 2.05) is 24.3 Å². The first kappa shape index (κ1) is 12.4. The summed E-state index contributed by atoms with van der Waals surface area (Å²) in [5.74, 6) is 1.54. The molecule has 0 saturated heterocycles. The quantitative estimate of drug-likeness (QED) is 0.730. The largest absolute Gasteiger partial charge is 0.493 e. The van der Waals surface area contributed by atoms with E-state index in [9.17, 15) is 8.42 Å². The Morgan fingerprint density at radius 1 is 1.24 bits per heavy atom. The average molecular weight is 256 g/mol. The van der Waals surface area contributed by atoms with Crippen LogP contribution in [0.2, 0.25) is 0 Å². The molecule has 0 unspecified atom stereocenters. The summed E-state index contributed by atoms with van der Waals surface area (Å²) in [5.41, 5.74) is 0.814. The summed E-state index contributed by atoms with van der Waals surface area (Å²) >= 11 is 0. The molecule has 0 radical (unpaired) electrons. The van der Waals surface area contributed by atoms with Crippen molar-refractivity contribution < 1.29 is 17.3 Å². The Morgan fingerprint density at radius 2 is 1.88 bits per heavy atom. The molecule has 0 aromatic heterocycles. The molecule has 1 fully saturated rings. The van der Waals surface area contributed by atoms with Gasteiger partial charge in [-0.3, -0.25) is 4.18 Å². The van der Waals surface area contributed by atoms with E-state index in [1.165, 1.54) is 12.8 Å². The van der Waals surface area contributed by atoms with E-state index in [2.05, 4.69) is 0 Å². The van der Waals surface area contributed by atoms with Crippen molar-refractivity contribution in [3.8, 4) is 5.75 Å². The third-order valence-electron chi connectivity index (χ3n) is 2.55. The molecule has 0 heterocycles.